The molecule has 80 valence electrons. The van der Waals surface area contributed by atoms with Crippen LogP contribution in [0.25, 0.3) is 0 Å². The van der Waals surface area contributed by atoms with Crippen molar-refractivity contribution in [3.05, 3.63) is 59.7 Å². The molecule has 1 aromatic rings. The molecule has 0 radical (unpaired) electrons. The van der Waals surface area contributed by atoms with Crippen molar-refractivity contribution in [3.8, 4) is 0 Å². The van der Waals surface area contributed by atoms with E-state index in [2.05, 4.69) is 61.2 Å². The van der Waals surface area contributed by atoms with Crippen molar-refractivity contribution in [2.24, 2.45) is 5.73 Å². The van der Waals surface area contributed by atoms with Gasteiger partial charge in [-0.2, -0.15) is 0 Å². The third-order valence-corrected chi connectivity index (χ3v) is 2.51. The molecule has 1 aliphatic carbocycles. The van der Waals surface area contributed by atoms with Gasteiger partial charge in [-0.15, -0.1) is 0 Å². The summed E-state index contributed by atoms with van der Waals surface area (Å²) in [7, 11) is 1.50. The smallest absolute Gasteiger partial charge is 0.00559 e. The summed E-state index contributed by atoms with van der Waals surface area (Å²) in [5.41, 5.74) is 7.30. The van der Waals surface area contributed by atoms with Gasteiger partial charge in [-0.3, -0.25) is 0 Å². The molecule has 0 aromatic heterocycles. The second kappa shape index (κ2) is 6.20. The molecule has 0 amide bonds. The van der Waals surface area contributed by atoms with E-state index >= 15 is 0 Å². The zero-order valence-corrected chi connectivity index (χ0v) is 9.48. The fourth-order valence-electron chi connectivity index (χ4n) is 1.67. The number of hydrogen-bond donors (Lipinski definition) is 1. The lowest BCUT2D eigenvalue weighted by molar-refractivity contribution is 0.845. The second-order valence-electron chi connectivity index (χ2n) is 3.56. The minimum absolute atomic E-state index is 0.588. The minimum Gasteiger partial charge on any atom is -0.333 e. The molecule has 1 atom stereocenters. The molecule has 15 heavy (non-hydrogen) atoms. The Bertz CT molecular complexity index is 336. The number of benzene rings is 1. The Morgan fingerprint density at radius 3 is 2.33 bits per heavy atom. The molecule has 1 nitrogen and oxygen atoms in total. The minimum atomic E-state index is 0.588. The molecule has 0 saturated carbocycles. The normalized spacial score (nSPS) is 18.9. The van der Waals surface area contributed by atoms with Gasteiger partial charge in [0.1, 0.15) is 0 Å². The summed E-state index contributed by atoms with van der Waals surface area (Å²) in [5.74, 6) is 0.588. The summed E-state index contributed by atoms with van der Waals surface area (Å²) < 4.78 is 0. The zero-order valence-electron chi connectivity index (χ0n) is 9.48. The average molecular weight is 201 g/mol. The highest BCUT2D eigenvalue weighted by Gasteiger charge is 2.08. The zero-order chi connectivity index (χ0) is 11.1. The van der Waals surface area contributed by atoms with Gasteiger partial charge in [-0.25, -0.2) is 0 Å². The highest BCUT2D eigenvalue weighted by Crippen LogP contribution is 2.25. The molecule has 1 unspecified atom stereocenters. The van der Waals surface area contributed by atoms with Crippen LogP contribution >= 0.6 is 0 Å². The SMILES string of the molecule is CC1=CCC(c2ccccc2)C=C1.CN. The molecule has 0 spiro atoms. The van der Waals surface area contributed by atoms with Gasteiger partial charge >= 0.3 is 0 Å². The first kappa shape index (κ1) is 11.7. The Morgan fingerprint density at radius 2 is 1.80 bits per heavy atom. The summed E-state index contributed by atoms with van der Waals surface area (Å²) >= 11 is 0. The Kier molecular flexibility index (Phi) is 4.85. The van der Waals surface area contributed by atoms with E-state index in [0.29, 0.717) is 5.92 Å². The molecular formula is C14H19N. The summed E-state index contributed by atoms with van der Waals surface area (Å²) in [4.78, 5) is 0. The monoisotopic (exact) mass is 201 g/mol. The predicted molar refractivity (Wildman–Crippen MR) is 66.8 cm³/mol. The van der Waals surface area contributed by atoms with Gasteiger partial charge in [-0.1, -0.05) is 54.1 Å². The second-order valence-corrected chi connectivity index (χ2v) is 3.56. The molecule has 1 aromatic carbocycles. The largest absolute Gasteiger partial charge is 0.333 e. The van der Waals surface area contributed by atoms with Crippen LogP contribution in [-0.2, 0) is 0 Å². The molecule has 2 rings (SSSR count). The first-order chi connectivity index (χ1) is 7.36. The summed E-state index contributed by atoms with van der Waals surface area (Å²) in [6, 6.07) is 10.7. The highest BCUT2D eigenvalue weighted by atomic mass is 14.4. The number of rotatable bonds is 1. The van der Waals surface area contributed by atoms with Crippen LogP contribution < -0.4 is 5.73 Å². The van der Waals surface area contributed by atoms with E-state index < -0.39 is 0 Å². The third kappa shape index (κ3) is 3.37. The third-order valence-electron chi connectivity index (χ3n) is 2.51. The van der Waals surface area contributed by atoms with Crippen LogP contribution in [0.5, 0.6) is 0 Å². The molecule has 0 heterocycles. The van der Waals surface area contributed by atoms with E-state index in [1.807, 2.05) is 0 Å². The van der Waals surface area contributed by atoms with E-state index in [0.717, 1.165) is 6.42 Å². The molecule has 1 aliphatic rings. The van der Waals surface area contributed by atoms with Crippen LogP contribution in [0.3, 0.4) is 0 Å². The van der Waals surface area contributed by atoms with Gasteiger partial charge in [0.15, 0.2) is 0 Å². The van der Waals surface area contributed by atoms with Crippen molar-refractivity contribution >= 4 is 0 Å². The Labute approximate surface area is 92.3 Å². The number of hydrogen-bond acceptors (Lipinski definition) is 1. The van der Waals surface area contributed by atoms with Gasteiger partial charge in [0.25, 0.3) is 0 Å². The fraction of sp³-hybridized carbons (Fsp3) is 0.286. The Hall–Kier alpha value is -1.34. The predicted octanol–water partition coefficient (Wildman–Crippen LogP) is 3.25. The van der Waals surface area contributed by atoms with E-state index in [1.54, 1.807) is 0 Å². The van der Waals surface area contributed by atoms with Crippen molar-refractivity contribution < 1.29 is 0 Å². The standard InChI is InChI=1S/C13H14.CH5N/c1-11-7-9-13(10-8-11)12-5-3-2-4-6-12;1-2/h2-9,13H,10H2,1H3;2H2,1H3. The summed E-state index contributed by atoms with van der Waals surface area (Å²) in [5, 5.41) is 0. The summed E-state index contributed by atoms with van der Waals surface area (Å²) in [6.07, 6.45) is 7.95. The first-order valence-corrected chi connectivity index (χ1v) is 5.34. The molecule has 0 saturated heterocycles. The van der Waals surface area contributed by atoms with Crippen molar-refractivity contribution in [2.45, 2.75) is 19.3 Å². The van der Waals surface area contributed by atoms with Crippen LogP contribution in [0.4, 0.5) is 0 Å². The lowest BCUT2D eigenvalue weighted by Crippen LogP contribution is -1.96. The average Bonchev–Trinajstić information content (AvgIpc) is 2.34. The van der Waals surface area contributed by atoms with E-state index in [-0.39, 0.29) is 0 Å². The Morgan fingerprint density at radius 1 is 1.13 bits per heavy atom. The molecule has 0 fully saturated rings. The molecule has 0 bridgehead atoms. The van der Waals surface area contributed by atoms with Gasteiger partial charge in [0, 0.05) is 5.92 Å². The number of allylic oxidation sites excluding steroid dienone is 4. The lowest BCUT2D eigenvalue weighted by Gasteiger charge is -2.14. The molecule has 0 aliphatic heterocycles. The maximum atomic E-state index is 4.50. The lowest BCUT2D eigenvalue weighted by atomic mass is 9.91. The molecule has 1 heteroatoms. The van der Waals surface area contributed by atoms with Crippen LogP contribution in [0.15, 0.2) is 54.1 Å². The van der Waals surface area contributed by atoms with Crippen LogP contribution in [0, 0.1) is 0 Å². The van der Waals surface area contributed by atoms with Crippen LogP contribution in [0.1, 0.15) is 24.8 Å². The quantitative estimate of drug-likeness (QED) is 0.741. The maximum Gasteiger partial charge on any atom is 0.00559 e. The highest BCUT2D eigenvalue weighted by molar-refractivity contribution is 5.31. The van der Waals surface area contributed by atoms with Gasteiger partial charge in [0.05, 0.1) is 0 Å². The molecule has 2 N–H and O–H groups in total. The van der Waals surface area contributed by atoms with Crippen molar-refractivity contribution in [1.82, 2.24) is 0 Å². The van der Waals surface area contributed by atoms with Gasteiger partial charge < -0.3 is 5.73 Å². The summed E-state index contributed by atoms with van der Waals surface area (Å²) in [6.45, 7) is 2.15. The van der Waals surface area contributed by atoms with Crippen molar-refractivity contribution in [1.29, 1.82) is 0 Å². The van der Waals surface area contributed by atoms with E-state index in [9.17, 15) is 0 Å². The van der Waals surface area contributed by atoms with Crippen LogP contribution in [-0.4, -0.2) is 7.05 Å². The van der Waals surface area contributed by atoms with Gasteiger partial charge in [0.2, 0.25) is 0 Å². The Balaban J connectivity index is 0.000000531. The van der Waals surface area contributed by atoms with E-state index in [1.165, 1.54) is 18.2 Å². The first-order valence-electron chi connectivity index (χ1n) is 5.34. The molecular weight excluding hydrogens is 182 g/mol. The fourth-order valence-corrected chi connectivity index (χ4v) is 1.67. The van der Waals surface area contributed by atoms with Crippen molar-refractivity contribution in [2.75, 3.05) is 7.05 Å². The van der Waals surface area contributed by atoms with Gasteiger partial charge in [-0.05, 0) is 26.0 Å². The maximum absolute atomic E-state index is 4.50. The number of nitrogens with two attached hydrogens (primary N) is 1. The van der Waals surface area contributed by atoms with Crippen LogP contribution in [0.2, 0.25) is 0 Å². The topological polar surface area (TPSA) is 26.0 Å². The van der Waals surface area contributed by atoms with E-state index in [4.69, 9.17) is 0 Å². The van der Waals surface area contributed by atoms with Crippen molar-refractivity contribution in [3.63, 3.8) is 0 Å².